The van der Waals surface area contributed by atoms with Gasteiger partial charge in [0.25, 0.3) is 0 Å². The molecule has 0 aliphatic carbocycles. The van der Waals surface area contributed by atoms with E-state index >= 15 is 0 Å². The summed E-state index contributed by atoms with van der Waals surface area (Å²) in [7, 11) is 0. The molecule has 4 heavy (non-hydrogen) atoms. The van der Waals surface area contributed by atoms with Crippen molar-refractivity contribution in [3.8, 4) is 0 Å². The van der Waals surface area contributed by atoms with E-state index in [1.807, 2.05) is 0 Å². The molecule has 0 saturated carbocycles. The standard InChI is InChI=1S/Na.H2O.H2S2.H/c;;1-2;/h;1H2;1-2H;. The van der Waals surface area contributed by atoms with Gasteiger partial charge in [-0.1, -0.05) is 0 Å². The molecule has 24 valence electrons. The summed E-state index contributed by atoms with van der Waals surface area (Å²) in [4.78, 5) is 0. The predicted octanol–water partition coefficient (Wildman–Crippen LogP) is -0.712. The zero-order valence-electron chi connectivity index (χ0n) is 1.39. The summed E-state index contributed by atoms with van der Waals surface area (Å²) < 4.78 is 0. The SMILES string of the molecule is O.SS.[NaH]. The van der Waals surface area contributed by atoms with Crippen molar-refractivity contribution < 1.29 is 5.48 Å². The van der Waals surface area contributed by atoms with Crippen LogP contribution in [0.4, 0.5) is 0 Å². The van der Waals surface area contributed by atoms with Crippen molar-refractivity contribution in [3.63, 3.8) is 0 Å². The molecule has 0 rings (SSSR count). The van der Waals surface area contributed by atoms with E-state index in [-0.39, 0.29) is 35.0 Å². The molecule has 2 N–H and O–H groups in total. The maximum atomic E-state index is 3.22. The normalized spacial score (nSPS) is 1.50. The Morgan fingerprint density at radius 2 is 1.00 bits per heavy atom. The van der Waals surface area contributed by atoms with Gasteiger partial charge in [-0.05, 0) is 0 Å². The Balaban J connectivity index is -0.00000000500. The van der Waals surface area contributed by atoms with Crippen molar-refractivity contribution in [2.24, 2.45) is 0 Å². The topological polar surface area (TPSA) is 31.5 Å². The first kappa shape index (κ1) is 17.4. The molecule has 4 heteroatoms. The van der Waals surface area contributed by atoms with Gasteiger partial charge in [0.05, 0.1) is 0 Å². The van der Waals surface area contributed by atoms with Gasteiger partial charge in [0.15, 0.2) is 0 Å². The van der Waals surface area contributed by atoms with Crippen LogP contribution in [0.15, 0.2) is 0 Å². The molecule has 0 atom stereocenters. The molecule has 0 unspecified atom stereocenters. The fourth-order valence-electron chi connectivity index (χ4n) is 0. The molecule has 0 aromatic heterocycles. The van der Waals surface area contributed by atoms with E-state index in [9.17, 15) is 0 Å². The molecule has 0 fully saturated rings. The minimum absolute atomic E-state index is 0. The quantitative estimate of drug-likeness (QED) is 0.233. The maximum absolute atomic E-state index is 3.22. The zero-order chi connectivity index (χ0) is 2.00. The zero-order valence-corrected chi connectivity index (χ0v) is 3.18. The van der Waals surface area contributed by atoms with E-state index in [4.69, 9.17) is 0 Å². The van der Waals surface area contributed by atoms with Crippen molar-refractivity contribution >= 4 is 52.9 Å². The van der Waals surface area contributed by atoms with Crippen LogP contribution in [0.3, 0.4) is 0 Å². The van der Waals surface area contributed by atoms with E-state index in [0.717, 1.165) is 0 Å². The average molecular weight is 108 g/mol. The summed E-state index contributed by atoms with van der Waals surface area (Å²) >= 11 is 6.44. The molecule has 1 nitrogen and oxygen atoms in total. The third-order valence-corrected chi connectivity index (χ3v) is 0. The van der Waals surface area contributed by atoms with Crippen molar-refractivity contribution in [3.05, 3.63) is 0 Å². The van der Waals surface area contributed by atoms with Gasteiger partial charge in [-0.25, -0.2) is 0 Å². The van der Waals surface area contributed by atoms with Gasteiger partial charge >= 0.3 is 29.6 Å². The van der Waals surface area contributed by atoms with Crippen molar-refractivity contribution in [2.45, 2.75) is 0 Å². The molecule has 0 amide bonds. The summed E-state index contributed by atoms with van der Waals surface area (Å²) in [6.45, 7) is 0. The van der Waals surface area contributed by atoms with E-state index < -0.39 is 0 Å². The van der Waals surface area contributed by atoms with Crippen LogP contribution in [-0.4, -0.2) is 35.0 Å². The van der Waals surface area contributed by atoms with Crippen LogP contribution < -0.4 is 0 Å². The Morgan fingerprint density at radius 3 is 1.00 bits per heavy atom. The second-order valence-electron chi connectivity index (χ2n) is 0. The Hall–Kier alpha value is 1.66. The van der Waals surface area contributed by atoms with E-state index in [1.165, 1.54) is 0 Å². The number of hydrogen-bond acceptors (Lipinski definition) is 2. The summed E-state index contributed by atoms with van der Waals surface area (Å²) in [5.41, 5.74) is 0. The summed E-state index contributed by atoms with van der Waals surface area (Å²) in [5, 5.41) is 0. The molecular formula is H5NaOS2. The fourth-order valence-corrected chi connectivity index (χ4v) is 0. The molecule has 0 saturated heterocycles. The van der Waals surface area contributed by atoms with Crippen LogP contribution in [0.25, 0.3) is 0 Å². The van der Waals surface area contributed by atoms with Crippen LogP contribution in [0.5, 0.6) is 0 Å². The molecule has 0 spiro atoms. The van der Waals surface area contributed by atoms with Crippen LogP contribution >= 0.6 is 23.3 Å². The Kier molecular flexibility index (Phi) is 98.4. The molecule has 0 aliphatic rings. The second-order valence-corrected chi connectivity index (χ2v) is 0. The fraction of sp³-hybridized carbons (Fsp3) is 0. The molecular weight excluding hydrogens is 103 g/mol. The molecule has 0 aliphatic heterocycles. The first-order chi connectivity index (χ1) is 1.00. The minimum atomic E-state index is 0. The Labute approximate surface area is 58.0 Å². The molecule has 0 aromatic carbocycles. The summed E-state index contributed by atoms with van der Waals surface area (Å²) in [6, 6.07) is 0. The van der Waals surface area contributed by atoms with Gasteiger partial charge in [-0.3, -0.25) is 0 Å². The summed E-state index contributed by atoms with van der Waals surface area (Å²) in [6.07, 6.45) is 0. The number of hydrogen-bond donors (Lipinski definition) is 2. The monoisotopic (exact) mass is 108 g/mol. The molecule has 0 radical (unpaired) electrons. The van der Waals surface area contributed by atoms with Gasteiger partial charge in [-0.15, -0.1) is 23.3 Å². The van der Waals surface area contributed by atoms with Gasteiger partial charge < -0.3 is 5.48 Å². The number of rotatable bonds is 0. The third-order valence-electron chi connectivity index (χ3n) is 0. The Morgan fingerprint density at radius 1 is 1.00 bits per heavy atom. The van der Waals surface area contributed by atoms with Crippen LogP contribution in [0, 0.1) is 0 Å². The summed E-state index contributed by atoms with van der Waals surface area (Å²) in [5.74, 6) is 0. The second kappa shape index (κ2) is 22.7. The van der Waals surface area contributed by atoms with Crippen molar-refractivity contribution in [1.29, 1.82) is 0 Å². The average Bonchev–Trinajstić information content (AvgIpc) is 1.00. The van der Waals surface area contributed by atoms with Crippen molar-refractivity contribution in [1.82, 2.24) is 0 Å². The van der Waals surface area contributed by atoms with Crippen LogP contribution in [0.2, 0.25) is 0 Å². The molecule has 0 heterocycles. The van der Waals surface area contributed by atoms with Gasteiger partial charge in [0.1, 0.15) is 0 Å². The van der Waals surface area contributed by atoms with Crippen molar-refractivity contribution in [2.75, 3.05) is 0 Å². The molecule has 0 aromatic rings. The van der Waals surface area contributed by atoms with Crippen LogP contribution in [-0.2, 0) is 0 Å². The van der Waals surface area contributed by atoms with Gasteiger partial charge in [0, 0.05) is 0 Å². The Bertz CT molecular complexity index is 6.00. The molecule has 0 bridgehead atoms. The number of thiol groups is 2. The third kappa shape index (κ3) is 9.40. The van der Waals surface area contributed by atoms with Gasteiger partial charge in [0.2, 0.25) is 0 Å². The van der Waals surface area contributed by atoms with Gasteiger partial charge in [-0.2, -0.15) is 0 Å². The van der Waals surface area contributed by atoms with E-state index in [2.05, 4.69) is 23.3 Å². The van der Waals surface area contributed by atoms with Crippen LogP contribution in [0.1, 0.15) is 0 Å². The first-order valence-electron chi connectivity index (χ1n) is 0.200. The van der Waals surface area contributed by atoms with E-state index in [1.54, 1.807) is 0 Å². The first-order valence-corrected chi connectivity index (χ1v) is 1.80. The van der Waals surface area contributed by atoms with E-state index in [0.29, 0.717) is 0 Å². The predicted molar refractivity (Wildman–Crippen MR) is 28.7 cm³/mol.